The third-order valence-electron chi connectivity index (χ3n) is 3.80. The van der Waals surface area contributed by atoms with Crippen molar-refractivity contribution in [1.82, 2.24) is 4.98 Å². The van der Waals surface area contributed by atoms with Crippen LogP contribution in [0.25, 0.3) is 10.2 Å². The number of rotatable bonds is 6. The summed E-state index contributed by atoms with van der Waals surface area (Å²) in [4.78, 5) is 16.7. The predicted molar refractivity (Wildman–Crippen MR) is 103 cm³/mol. The molecule has 6 nitrogen and oxygen atoms in total. The normalized spacial score (nSPS) is 11.5. The van der Waals surface area contributed by atoms with Gasteiger partial charge in [0.25, 0.3) is 0 Å². The van der Waals surface area contributed by atoms with E-state index in [4.69, 9.17) is 4.74 Å². The molecule has 0 spiro atoms. The molecule has 0 unspecified atom stereocenters. The van der Waals surface area contributed by atoms with E-state index in [2.05, 4.69) is 10.3 Å². The molecule has 26 heavy (non-hydrogen) atoms. The summed E-state index contributed by atoms with van der Waals surface area (Å²) >= 11 is 1.54. The fraction of sp³-hybridized carbons (Fsp3) is 0.222. The number of thiazole rings is 1. The topological polar surface area (TPSA) is 85.4 Å². The van der Waals surface area contributed by atoms with Crippen LogP contribution in [0.5, 0.6) is 5.75 Å². The zero-order valence-corrected chi connectivity index (χ0v) is 16.0. The summed E-state index contributed by atoms with van der Waals surface area (Å²) in [5.41, 5.74) is 1.51. The van der Waals surface area contributed by atoms with E-state index >= 15 is 0 Å². The Morgan fingerprint density at radius 3 is 2.62 bits per heavy atom. The number of fused-ring (bicyclic) bond motifs is 1. The molecular formula is C18H18N2O4S2. The minimum Gasteiger partial charge on any atom is -0.497 e. The largest absolute Gasteiger partial charge is 0.497 e. The van der Waals surface area contributed by atoms with Crippen LogP contribution in [-0.4, -0.2) is 32.2 Å². The molecule has 0 aliphatic carbocycles. The number of benzene rings is 2. The van der Waals surface area contributed by atoms with E-state index in [0.29, 0.717) is 11.4 Å². The van der Waals surface area contributed by atoms with Crippen molar-refractivity contribution in [2.75, 3.05) is 18.2 Å². The molecule has 1 N–H and O–H groups in total. The zero-order valence-electron chi connectivity index (χ0n) is 14.4. The summed E-state index contributed by atoms with van der Waals surface area (Å²) in [7, 11) is -2.02. The van der Waals surface area contributed by atoms with Gasteiger partial charge in [0.15, 0.2) is 9.84 Å². The molecule has 2 aromatic carbocycles. The van der Waals surface area contributed by atoms with Crippen molar-refractivity contribution in [2.24, 2.45) is 0 Å². The van der Waals surface area contributed by atoms with Crippen LogP contribution in [0.15, 0.2) is 47.4 Å². The Morgan fingerprint density at radius 2 is 1.92 bits per heavy atom. The van der Waals surface area contributed by atoms with Crippen LogP contribution in [0.3, 0.4) is 0 Å². The summed E-state index contributed by atoms with van der Waals surface area (Å²) in [5.74, 6) is -0.0226. The van der Waals surface area contributed by atoms with Gasteiger partial charge in [0, 0.05) is 12.1 Å². The molecule has 8 heteroatoms. The van der Waals surface area contributed by atoms with Gasteiger partial charge in [-0.05, 0) is 49.4 Å². The lowest BCUT2D eigenvalue weighted by atomic mass is 10.3. The number of amides is 1. The Hall–Kier alpha value is -2.45. The number of nitrogens with one attached hydrogen (secondary N) is 1. The van der Waals surface area contributed by atoms with Crippen LogP contribution in [-0.2, 0) is 14.6 Å². The van der Waals surface area contributed by atoms with E-state index < -0.39 is 9.84 Å². The quantitative estimate of drug-likeness (QED) is 0.697. The number of sulfone groups is 1. The number of carbonyl (C=O) groups excluding carboxylic acids is 1. The molecule has 3 rings (SSSR count). The Balaban J connectivity index is 1.63. The predicted octanol–water partition coefficient (Wildman–Crippen LogP) is 3.42. The highest BCUT2D eigenvalue weighted by Gasteiger charge is 2.17. The first-order valence-corrected chi connectivity index (χ1v) is 10.4. The number of anilines is 1. The smallest absolute Gasteiger partial charge is 0.225 e. The first-order chi connectivity index (χ1) is 12.4. The molecule has 0 atom stereocenters. The highest BCUT2D eigenvalue weighted by atomic mass is 32.2. The lowest BCUT2D eigenvalue weighted by Crippen LogP contribution is -2.17. The van der Waals surface area contributed by atoms with Crippen LogP contribution < -0.4 is 10.1 Å². The number of ether oxygens (including phenoxy) is 1. The maximum atomic E-state index is 12.3. The zero-order chi connectivity index (χ0) is 18.7. The van der Waals surface area contributed by atoms with Crippen LogP contribution >= 0.6 is 11.3 Å². The molecule has 0 saturated heterocycles. The van der Waals surface area contributed by atoms with Crippen molar-refractivity contribution >= 4 is 43.0 Å². The highest BCUT2D eigenvalue weighted by Crippen LogP contribution is 2.25. The van der Waals surface area contributed by atoms with E-state index in [1.807, 2.05) is 19.1 Å². The highest BCUT2D eigenvalue weighted by molar-refractivity contribution is 7.91. The number of carbonyl (C=O) groups is 1. The lowest BCUT2D eigenvalue weighted by Gasteiger charge is -2.07. The molecule has 0 bridgehead atoms. The fourth-order valence-corrected chi connectivity index (χ4v) is 4.58. The van der Waals surface area contributed by atoms with Crippen molar-refractivity contribution in [3.05, 3.63) is 47.5 Å². The summed E-state index contributed by atoms with van der Waals surface area (Å²) in [5, 5.41) is 3.69. The van der Waals surface area contributed by atoms with E-state index in [9.17, 15) is 13.2 Å². The number of hydrogen-bond acceptors (Lipinski definition) is 6. The molecule has 136 valence electrons. The van der Waals surface area contributed by atoms with Gasteiger partial charge in [-0.25, -0.2) is 13.4 Å². The standard InChI is InChI=1S/C18H18N2O4S2/c1-12-19-16-8-3-13(11-17(16)25-12)20-18(21)9-10-26(22,23)15-6-4-14(24-2)5-7-15/h3-8,11H,9-10H2,1-2H3,(H,20,21). The molecule has 1 heterocycles. The van der Waals surface area contributed by atoms with Gasteiger partial charge < -0.3 is 10.1 Å². The van der Waals surface area contributed by atoms with Gasteiger partial charge in [0.05, 0.1) is 33.0 Å². The van der Waals surface area contributed by atoms with Crippen LogP contribution in [0, 0.1) is 6.92 Å². The molecular weight excluding hydrogens is 372 g/mol. The Bertz CT molecular complexity index is 1040. The van der Waals surface area contributed by atoms with Gasteiger partial charge in [-0.2, -0.15) is 0 Å². The number of nitrogens with zero attached hydrogens (tertiary/aromatic N) is 1. The molecule has 1 amide bonds. The van der Waals surface area contributed by atoms with Crippen LogP contribution in [0.4, 0.5) is 5.69 Å². The number of aromatic nitrogens is 1. The minimum atomic E-state index is -3.53. The Morgan fingerprint density at radius 1 is 1.19 bits per heavy atom. The van der Waals surface area contributed by atoms with Crippen molar-refractivity contribution in [3.8, 4) is 5.75 Å². The van der Waals surface area contributed by atoms with Crippen LogP contribution in [0.2, 0.25) is 0 Å². The minimum absolute atomic E-state index is 0.117. The monoisotopic (exact) mass is 390 g/mol. The second kappa shape index (κ2) is 7.43. The van der Waals surface area contributed by atoms with Gasteiger partial charge in [-0.15, -0.1) is 11.3 Å². The first kappa shape index (κ1) is 18.3. The summed E-state index contributed by atoms with van der Waals surface area (Å²) in [6, 6.07) is 11.6. The number of hydrogen-bond donors (Lipinski definition) is 1. The van der Waals surface area contributed by atoms with Gasteiger partial charge >= 0.3 is 0 Å². The SMILES string of the molecule is COc1ccc(S(=O)(=O)CCC(=O)Nc2ccc3nc(C)sc3c2)cc1. The second-order valence-electron chi connectivity index (χ2n) is 5.71. The molecule has 0 aliphatic heterocycles. The maximum absolute atomic E-state index is 12.3. The summed E-state index contributed by atoms with van der Waals surface area (Å²) in [6.45, 7) is 1.92. The molecule has 3 aromatic rings. The lowest BCUT2D eigenvalue weighted by molar-refractivity contribution is -0.115. The van der Waals surface area contributed by atoms with E-state index in [1.54, 1.807) is 29.5 Å². The van der Waals surface area contributed by atoms with Crippen molar-refractivity contribution < 1.29 is 17.9 Å². The Kier molecular flexibility index (Phi) is 5.24. The third-order valence-corrected chi connectivity index (χ3v) is 6.46. The number of aryl methyl sites for hydroxylation is 1. The second-order valence-corrected chi connectivity index (χ2v) is 9.05. The van der Waals surface area contributed by atoms with E-state index in [0.717, 1.165) is 15.2 Å². The average molecular weight is 390 g/mol. The summed E-state index contributed by atoms with van der Waals surface area (Å²) in [6.07, 6.45) is -0.117. The van der Waals surface area contributed by atoms with E-state index in [-0.39, 0.29) is 23.0 Å². The van der Waals surface area contributed by atoms with Gasteiger partial charge in [0.1, 0.15) is 5.75 Å². The van der Waals surface area contributed by atoms with Crippen molar-refractivity contribution in [3.63, 3.8) is 0 Å². The van der Waals surface area contributed by atoms with Gasteiger partial charge in [0.2, 0.25) is 5.91 Å². The fourth-order valence-electron chi connectivity index (χ4n) is 2.47. The molecule has 0 fully saturated rings. The Labute approximate surface area is 155 Å². The number of methoxy groups -OCH3 is 1. The van der Waals surface area contributed by atoms with Crippen LogP contribution in [0.1, 0.15) is 11.4 Å². The molecule has 1 aromatic heterocycles. The average Bonchev–Trinajstić information content (AvgIpc) is 2.99. The van der Waals surface area contributed by atoms with Gasteiger partial charge in [-0.3, -0.25) is 4.79 Å². The molecule has 0 saturated carbocycles. The van der Waals surface area contributed by atoms with Gasteiger partial charge in [-0.1, -0.05) is 0 Å². The van der Waals surface area contributed by atoms with Crippen molar-refractivity contribution in [2.45, 2.75) is 18.2 Å². The summed E-state index contributed by atoms with van der Waals surface area (Å²) < 4.78 is 30.7. The first-order valence-electron chi connectivity index (χ1n) is 7.91. The van der Waals surface area contributed by atoms with Crippen molar-refractivity contribution in [1.29, 1.82) is 0 Å². The molecule has 0 aliphatic rings. The third kappa shape index (κ3) is 4.20. The van der Waals surface area contributed by atoms with E-state index in [1.165, 1.54) is 19.2 Å². The maximum Gasteiger partial charge on any atom is 0.225 e. The molecule has 0 radical (unpaired) electrons.